The number of hydrogen-bond acceptors (Lipinski definition) is 3. The largest absolute Gasteiger partial charge is 0.573 e. The fraction of sp³-hybridized carbons (Fsp3) is 0.0769. The highest BCUT2D eigenvalue weighted by molar-refractivity contribution is 6.04. The van der Waals surface area contributed by atoms with Crippen LogP contribution in [-0.2, 0) is 0 Å². The summed E-state index contributed by atoms with van der Waals surface area (Å²) in [5.41, 5.74) is -0.287. The molecule has 0 aliphatic rings. The standard InChI is InChI=1S/C13H8F4N2O2/c14-11-10(5-2-6-18-11)12(20)19-8-3-1-4-9(7-8)21-13(15,16)17/h1-7H,(H,19,20). The summed E-state index contributed by atoms with van der Waals surface area (Å²) >= 11 is 0. The number of benzene rings is 1. The molecule has 21 heavy (non-hydrogen) atoms. The first-order chi connectivity index (χ1) is 9.85. The Kier molecular flexibility index (Phi) is 4.06. The van der Waals surface area contributed by atoms with E-state index in [1.165, 1.54) is 30.5 Å². The van der Waals surface area contributed by atoms with Crippen LogP contribution >= 0.6 is 0 Å². The van der Waals surface area contributed by atoms with Crippen LogP contribution in [0.2, 0.25) is 0 Å². The number of ether oxygens (including phenoxy) is 1. The summed E-state index contributed by atoms with van der Waals surface area (Å²) in [4.78, 5) is 15.1. The normalized spacial score (nSPS) is 11.0. The summed E-state index contributed by atoms with van der Waals surface area (Å²) in [6.45, 7) is 0. The molecule has 1 aromatic carbocycles. The summed E-state index contributed by atoms with van der Waals surface area (Å²) < 4.78 is 53.3. The zero-order valence-electron chi connectivity index (χ0n) is 10.3. The Morgan fingerprint density at radius 1 is 1.19 bits per heavy atom. The van der Waals surface area contributed by atoms with Gasteiger partial charge in [-0.05, 0) is 24.3 Å². The smallest absolute Gasteiger partial charge is 0.406 e. The summed E-state index contributed by atoms with van der Waals surface area (Å²) in [6, 6.07) is 7.22. The first-order valence-electron chi connectivity index (χ1n) is 5.63. The molecule has 4 nitrogen and oxygen atoms in total. The van der Waals surface area contributed by atoms with E-state index in [-0.39, 0.29) is 11.3 Å². The molecule has 8 heteroatoms. The summed E-state index contributed by atoms with van der Waals surface area (Å²) in [6.07, 6.45) is -3.66. The third-order valence-corrected chi connectivity index (χ3v) is 2.33. The van der Waals surface area contributed by atoms with Crippen molar-refractivity contribution in [3.8, 4) is 5.75 Å². The van der Waals surface area contributed by atoms with E-state index in [1.54, 1.807) is 0 Å². The average Bonchev–Trinajstić information content (AvgIpc) is 2.37. The van der Waals surface area contributed by atoms with Gasteiger partial charge in [-0.15, -0.1) is 13.2 Å². The maximum Gasteiger partial charge on any atom is 0.573 e. The molecule has 110 valence electrons. The van der Waals surface area contributed by atoms with Crippen molar-refractivity contribution in [2.24, 2.45) is 0 Å². The summed E-state index contributed by atoms with van der Waals surface area (Å²) in [7, 11) is 0. The lowest BCUT2D eigenvalue weighted by atomic mass is 10.2. The molecule has 1 amide bonds. The van der Waals surface area contributed by atoms with E-state index in [4.69, 9.17) is 0 Å². The van der Waals surface area contributed by atoms with Crippen molar-refractivity contribution in [3.05, 3.63) is 54.1 Å². The van der Waals surface area contributed by atoms with E-state index in [9.17, 15) is 22.4 Å². The Hall–Kier alpha value is -2.64. The van der Waals surface area contributed by atoms with Gasteiger partial charge < -0.3 is 10.1 Å². The second-order valence-corrected chi connectivity index (χ2v) is 3.87. The van der Waals surface area contributed by atoms with Crippen LogP contribution in [0.3, 0.4) is 0 Å². The molecule has 0 aliphatic heterocycles. The Morgan fingerprint density at radius 2 is 1.95 bits per heavy atom. The molecule has 0 bridgehead atoms. The van der Waals surface area contributed by atoms with Gasteiger partial charge in [0.1, 0.15) is 5.75 Å². The Labute approximate surface area is 116 Å². The molecular formula is C13H8F4N2O2. The van der Waals surface area contributed by atoms with Crippen molar-refractivity contribution < 1.29 is 27.1 Å². The van der Waals surface area contributed by atoms with Crippen LogP contribution in [0, 0.1) is 5.95 Å². The van der Waals surface area contributed by atoms with Crippen molar-refractivity contribution in [1.29, 1.82) is 0 Å². The van der Waals surface area contributed by atoms with Gasteiger partial charge in [-0.25, -0.2) is 4.98 Å². The highest BCUT2D eigenvalue weighted by Crippen LogP contribution is 2.25. The zero-order chi connectivity index (χ0) is 15.5. The van der Waals surface area contributed by atoms with Gasteiger partial charge >= 0.3 is 6.36 Å². The fourth-order valence-corrected chi connectivity index (χ4v) is 1.52. The lowest BCUT2D eigenvalue weighted by Crippen LogP contribution is -2.18. The third kappa shape index (κ3) is 4.16. The summed E-state index contributed by atoms with van der Waals surface area (Å²) in [5, 5.41) is 2.26. The molecule has 0 fully saturated rings. The molecule has 1 aromatic heterocycles. The van der Waals surface area contributed by atoms with Crippen LogP contribution in [0.4, 0.5) is 23.2 Å². The lowest BCUT2D eigenvalue weighted by Gasteiger charge is -2.10. The molecular weight excluding hydrogens is 292 g/mol. The van der Waals surface area contributed by atoms with Crippen LogP contribution in [0.25, 0.3) is 0 Å². The van der Waals surface area contributed by atoms with E-state index in [0.29, 0.717) is 0 Å². The number of alkyl halides is 3. The van der Waals surface area contributed by atoms with E-state index in [1.807, 2.05) is 0 Å². The molecule has 0 radical (unpaired) electrons. The van der Waals surface area contributed by atoms with E-state index in [0.717, 1.165) is 12.1 Å². The van der Waals surface area contributed by atoms with Gasteiger partial charge in [0.25, 0.3) is 5.91 Å². The molecule has 1 N–H and O–H groups in total. The molecule has 0 saturated carbocycles. The third-order valence-electron chi connectivity index (χ3n) is 2.33. The number of pyridine rings is 1. The van der Waals surface area contributed by atoms with Crippen LogP contribution in [-0.4, -0.2) is 17.3 Å². The number of nitrogens with one attached hydrogen (secondary N) is 1. The van der Waals surface area contributed by atoms with Crippen molar-refractivity contribution in [2.45, 2.75) is 6.36 Å². The van der Waals surface area contributed by atoms with Crippen molar-refractivity contribution in [3.63, 3.8) is 0 Å². The molecule has 0 spiro atoms. The number of carbonyl (C=O) groups excluding carboxylic acids is 1. The predicted octanol–water partition coefficient (Wildman–Crippen LogP) is 3.37. The number of aromatic nitrogens is 1. The van der Waals surface area contributed by atoms with Gasteiger partial charge in [0.05, 0.1) is 5.56 Å². The number of hydrogen-bond donors (Lipinski definition) is 1. The number of halogens is 4. The maximum absolute atomic E-state index is 13.3. The van der Waals surface area contributed by atoms with E-state index >= 15 is 0 Å². The number of carbonyl (C=O) groups is 1. The molecule has 2 rings (SSSR count). The molecule has 2 aromatic rings. The van der Waals surface area contributed by atoms with Crippen molar-refractivity contribution >= 4 is 11.6 Å². The quantitative estimate of drug-likeness (QED) is 0.698. The number of nitrogens with zero attached hydrogens (tertiary/aromatic N) is 1. The molecule has 0 aliphatic carbocycles. The molecule has 1 heterocycles. The van der Waals surface area contributed by atoms with Gasteiger partial charge in [-0.2, -0.15) is 4.39 Å². The topological polar surface area (TPSA) is 51.2 Å². The number of rotatable bonds is 3. The maximum atomic E-state index is 13.3. The molecule has 0 saturated heterocycles. The first-order valence-corrected chi connectivity index (χ1v) is 5.63. The second kappa shape index (κ2) is 5.78. The Bertz CT molecular complexity index is 659. The van der Waals surface area contributed by atoms with Gasteiger partial charge in [0, 0.05) is 18.0 Å². The first kappa shape index (κ1) is 14.8. The van der Waals surface area contributed by atoms with Gasteiger partial charge in [0.2, 0.25) is 5.95 Å². The Balaban J connectivity index is 2.15. The van der Waals surface area contributed by atoms with Gasteiger partial charge in [-0.1, -0.05) is 6.07 Å². The van der Waals surface area contributed by atoms with Gasteiger partial charge in [0.15, 0.2) is 0 Å². The minimum absolute atomic E-state index is 0.0324. The minimum Gasteiger partial charge on any atom is -0.406 e. The highest BCUT2D eigenvalue weighted by atomic mass is 19.4. The highest BCUT2D eigenvalue weighted by Gasteiger charge is 2.31. The minimum atomic E-state index is -4.84. The number of anilines is 1. The van der Waals surface area contributed by atoms with Crippen LogP contribution in [0.15, 0.2) is 42.6 Å². The number of amides is 1. The van der Waals surface area contributed by atoms with E-state index in [2.05, 4.69) is 15.0 Å². The summed E-state index contributed by atoms with van der Waals surface area (Å²) in [5.74, 6) is -2.30. The van der Waals surface area contributed by atoms with E-state index < -0.39 is 24.0 Å². The van der Waals surface area contributed by atoms with Crippen LogP contribution in [0.5, 0.6) is 5.75 Å². The van der Waals surface area contributed by atoms with Gasteiger partial charge in [-0.3, -0.25) is 4.79 Å². The SMILES string of the molecule is O=C(Nc1cccc(OC(F)(F)F)c1)c1cccnc1F. The average molecular weight is 300 g/mol. The van der Waals surface area contributed by atoms with Crippen LogP contribution < -0.4 is 10.1 Å². The lowest BCUT2D eigenvalue weighted by molar-refractivity contribution is -0.274. The fourth-order valence-electron chi connectivity index (χ4n) is 1.52. The van der Waals surface area contributed by atoms with Crippen molar-refractivity contribution in [1.82, 2.24) is 4.98 Å². The second-order valence-electron chi connectivity index (χ2n) is 3.87. The van der Waals surface area contributed by atoms with Crippen LogP contribution in [0.1, 0.15) is 10.4 Å². The predicted molar refractivity (Wildman–Crippen MR) is 65.3 cm³/mol. The monoisotopic (exact) mass is 300 g/mol. The zero-order valence-corrected chi connectivity index (χ0v) is 10.3. The Morgan fingerprint density at radius 3 is 2.62 bits per heavy atom. The van der Waals surface area contributed by atoms with Crippen molar-refractivity contribution in [2.75, 3.05) is 5.32 Å². The molecule has 0 atom stereocenters. The molecule has 0 unspecified atom stereocenters.